The molecular formula is C26H28N2O7. The lowest BCUT2D eigenvalue weighted by molar-refractivity contribution is -0.122. The Morgan fingerprint density at radius 1 is 0.971 bits per heavy atom. The SMILES string of the molecule is COc1ccc(NC(=O)COC(=O)c2ccc(N3C(=O)[C@@H]4CC[C@H](C)C[C@H]4C3=O)cc2)c(OC)c1. The summed E-state index contributed by atoms with van der Waals surface area (Å²) in [4.78, 5) is 51.6. The highest BCUT2D eigenvalue weighted by molar-refractivity contribution is 6.22. The van der Waals surface area contributed by atoms with E-state index in [0.717, 1.165) is 19.3 Å². The first-order valence-corrected chi connectivity index (χ1v) is 11.5. The highest BCUT2D eigenvalue weighted by atomic mass is 16.5. The number of carbonyl (C=O) groups excluding carboxylic acids is 4. The zero-order valence-electron chi connectivity index (χ0n) is 19.9. The van der Waals surface area contributed by atoms with E-state index in [0.29, 0.717) is 28.8 Å². The van der Waals surface area contributed by atoms with Gasteiger partial charge in [0.2, 0.25) is 11.8 Å². The van der Waals surface area contributed by atoms with Gasteiger partial charge in [0.05, 0.1) is 43.0 Å². The molecule has 2 fully saturated rings. The van der Waals surface area contributed by atoms with Crippen LogP contribution >= 0.6 is 0 Å². The zero-order valence-corrected chi connectivity index (χ0v) is 19.9. The number of ether oxygens (including phenoxy) is 3. The van der Waals surface area contributed by atoms with Crippen molar-refractivity contribution in [2.75, 3.05) is 31.0 Å². The van der Waals surface area contributed by atoms with Gasteiger partial charge in [-0.2, -0.15) is 0 Å². The molecule has 0 spiro atoms. The number of nitrogens with one attached hydrogen (secondary N) is 1. The number of hydrogen-bond donors (Lipinski definition) is 1. The number of rotatable bonds is 7. The Hall–Kier alpha value is -3.88. The molecule has 0 unspecified atom stereocenters. The third kappa shape index (κ3) is 4.99. The van der Waals surface area contributed by atoms with Gasteiger partial charge in [0, 0.05) is 6.07 Å². The number of methoxy groups -OCH3 is 2. The van der Waals surface area contributed by atoms with Crippen molar-refractivity contribution in [1.82, 2.24) is 0 Å². The Kier molecular flexibility index (Phi) is 7.04. The first kappa shape index (κ1) is 24.3. The predicted molar refractivity (Wildman–Crippen MR) is 127 cm³/mol. The van der Waals surface area contributed by atoms with Crippen LogP contribution < -0.4 is 19.7 Å². The third-order valence-electron chi connectivity index (χ3n) is 6.57. The quantitative estimate of drug-likeness (QED) is 0.477. The molecule has 3 amide bonds. The van der Waals surface area contributed by atoms with E-state index in [1.807, 2.05) is 0 Å². The molecule has 3 atom stereocenters. The van der Waals surface area contributed by atoms with Crippen LogP contribution in [0.2, 0.25) is 0 Å². The number of fused-ring (bicyclic) bond motifs is 1. The van der Waals surface area contributed by atoms with Gasteiger partial charge in [0.25, 0.3) is 5.91 Å². The number of benzene rings is 2. The Bertz CT molecular complexity index is 1140. The molecule has 1 heterocycles. The van der Waals surface area contributed by atoms with Crippen LogP contribution in [0, 0.1) is 17.8 Å². The van der Waals surface area contributed by atoms with Crippen LogP contribution in [0.3, 0.4) is 0 Å². The molecule has 1 saturated carbocycles. The maximum Gasteiger partial charge on any atom is 0.338 e. The third-order valence-corrected chi connectivity index (χ3v) is 6.57. The van der Waals surface area contributed by atoms with Gasteiger partial charge in [-0.15, -0.1) is 0 Å². The standard InChI is InChI=1S/C26H28N2O7/c1-15-4-10-19-20(12-15)25(31)28(24(19)30)17-7-5-16(6-8-17)26(32)35-14-23(29)27-21-11-9-18(33-2)13-22(21)34-3/h5-9,11,13,15,19-20H,4,10,12,14H2,1-3H3,(H,27,29)/t15-,19+,20+/m0/s1. The fraction of sp³-hybridized carbons (Fsp3) is 0.385. The zero-order chi connectivity index (χ0) is 25.1. The summed E-state index contributed by atoms with van der Waals surface area (Å²) in [6.07, 6.45) is 2.39. The minimum Gasteiger partial charge on any atom is -0.497 e. The molecule has 184 valence electrons. The highest BCUT2D eigenvalue weighted by Crippen LogP contribution is 2.42. The number of anilines is 2. The van der Waals surface area contributed by atoms with Crippen molar-refractivity contribution in [2.45, 2.75) is 26.2 Å². The van der Waals surface area contributed by atoms with Crippen molar-refractivity contribution in [2.24, 2.45) is 17.8 Å². The number of amides is 3. The van der Waals surface area contributed by atoms with E-state index in [1.54, 1.807) is 30.3 Å². The minimum absolute atomic E-state index is 0.173. The summed E-state index contributed by atoms with van der Waals surface area (Å²) in [6.45, 7) is 1.60. The average Bonchev–Trinajstić information content (AvgIpc) is 3.11. The molecule has 2 aliphatic rings. The second-order valence-electron chi connectivity index (χ2n) is 8.88. The van der Waals surface area contributed by atoms with Gasteiger partial charge in [0.15, 0.2) is 6.61 Å². The number of carbonyl (C=O) groups is 4. The first-order valence-electron chi connectivity index (χ1n) is 11.5. The van der Waals surface area contributed by atoms with Gasteiger partial charge < -0.3 is 19.5 Å². The van der Waals surface area contributed by atoms with Crippen LogP contribution in [0.5, 0.6) is 11.5 Å². The summed E-state index contributed by atoms with van der Waals surface area (Å²) in [7, 11) is 2.98. The number of nitrogens with zero attached hydrogens (tertiary/aromatic N) is 1. The van der Waals surface area contributed by atoms with Crippen molar-refractivity contribution in [1.29, 1.82) is 0 Å². The van der Waals surface area contributed by atoms with Crippen molar-refractivity contribution in [3.05, 3.63) is 48.0 Å². The number of esters is 1. The molecule has 1 aliphatic heterocycles. The summed E-state index contributed by atoms with van der Waals surface area (Å²) in [5, 5.41) is 2.62. The largest absolute Gasteiger partial charge is 0.497 e. The fourth-order valence-corrected chi connectivity index (χ4v) is 4.69. The predicted octanol–water partition coefficient (Wildman–Crippen LogP) is 3.42. The Morgan fingerprint density at radius 3 is 2.37 bits per heavy atom. The summed E-state index contributed by atoms with van der Waals surface area (Å²) in [6, 6.07) is 11.0. The van der Waals surface area contributed by atoms with E-state index in [2.05, 4.69) is 12.2 Å². The highest BCUT2D eigenvalue weighted by Gasteiger charge is 2.49. The topological polar surface area (TPSA) is 111 Å². The second kappa shape index (κ2) is 10.2. The van der Waals surface area contributed by atoms with Gasteiger partial charge in [-0.1, -0.05) is 6.92 Å². The molecule has 0 radical (unpaired) electrons. The lowest BCUT2D eigenvalue weighted by atomic mass is 9.76. The lowest BCUT2D eigenvalue weighted by Gasteiger charge is -2.25. The van der Waals surface area contributed by atoms with Crippen LogP contribution in [0.15, 0.2) is 42.5 Å². The van der Waals surface area contributed by atoms with E-state index >= 15 is 0 Å². The van der Waals surface area contributed by atoms with E-state index in [4.69, 9.17) is 14.2 Å². The van der Waals surface area contributed by atoms with E-state index in [1.165, 1.54) is 31.3 Å². The Labute approximate surface area is 203 Å². The van der Waals surface area contributed by atoms with Crippen molar-refractivity contribution < 1.29 is 33.4 Å². The van der Waals surface area contributed by atoms with Gasteiger partial charge >= 0.3 is 5.97 Å². The molecule has 9 heteroatoms. The maximum atomic E-state index is 12.9. The molecule has 2 aromatic carbocycles. The van der Waals surface area contributed by atoms with Crippen LogP contribution in [-0.4, -0.2) is 44.5 Å². The van der Waals surface area contributed by atoms with Gasteiger partial charge in [0.1, 0.15) is 11.5 Å². The molecule has 1 aliphatic carbocycles. The van der Waals surface area contributed by atoms with Gasteiger partial charge in [-0.25, -0.2) is 4.79 Å². The monoisotopic (exact) mass is 480 g/mol. The van der Waals surface area contributed by atoms with Crippen molar-refractivity contribution >= 4 is 35.1 Å². The molecule has 35 heavy (non-hydrogen) atoms. The summed E-state index contributed by atoms with van der Waals surface area (Å²) >= 11 is 0. The first-order chi connectivity index (χ1) is 16.8. The van der Waals surface area contributed by atoms with Gasteiger partial charge in [-0.05, 0) is 61.6 Å². The molecule has 0 aromatic heterocycles. The lowest BCUT2D eigenvalue weighted by Crippen LogP contribution is -2.30. The molecule has 1 saturated heterocycles. The molecule has 0 bridgehead atoms. The normalized spacial score (nSPS) is 21.3. The average molecular weight is 481 g/mol. The number of hydrogen-bond acceptors (Lipinski definition) is 7. The molecular weight excluding hydrogens is 452 g/mol. The van der Waals surface area contributed by atoms with Crippen LogP contribution in [0.4, 0.5) is 11.4 Å². The smallest absolute Gasteiger partial charge is 0.338 e. The van der Waals surface area contributed by atoms with E-state index in [9.17, 15) is 19.2 Å². The van der Waals surface area contributed by atoms with Crippen LogP contribution in [0.25, 0.3) is 0 Å². The second-order valence-corrected chi connectivity index (χ2v) is 8.88. The Morgan fingerprint density at radius 2 is 1.69 bits per heavy atom. The molecule has 1 N–H and O–H groups in total. The van der Waals surface area contributed by atoms with Crippen molar-refractivity contribution in [3.8, 4) is 11.5 Å². The van der Waals surface area contributed by atoms with Crippen LogP contribution in [0.1, 0.15) is 36.5 Å². The Balaban J connectivity index is 1.35. The summed E-state index contributed by atoms with van der Waals surface area (Å²) in [5.41, 5.74) is 1.05. The fourth-order valence-electron chi connectivity index (χ4n) is 4.69. The molecule has 4 rings (SSSR count). The maximum absolute atomic E-state index is 12.9. The van der Waals surface area contributed by atoms with E-state index < -0.39 is 18.5 Å². The van der Waals surface area contributed by atoms with E-state index in [-0.39, 0.29) is 29.2 Å². The molecule has 9 nitrogen and oxygen atoms in total. The number of imide groups is 1. The van der Waals surface area contributed by atoms with Crippen molar-refractivity contribution in [3.63, 3.8) is 0 Å². The summed E-state index contributed by atoms with van der Waals surface area (Å²) in [5.74, 6) is -0.711. The minimum atomic E-state index is -0.699. The summed E-state index contributed by atoms with van der Waals surface area (Å²) < 4.78 is 15.5. The van der Waals surface area contributed by atoms with Gasteiger partial charge in [-0.3, -0.25) is 19.3 Å². The molecule has 2 aromatic rings. The van der Waals surface area contributed by atoms with Crippen LogP contribution in [-0.2, 0) is 19.1 Å².